The minimum absolute atomic E-state index is 0.000394. The highest BCUT2D eigenvalue weighted by atomic mass is 32.2. The van der Waals surface area contributed by atoms with E-state index in [-0.39, 0.29) is 10.8 Å². The number of hydrogen-bond acceptors (Lipinski definition) is 4. The molecule has 1 unspecified atom stereocenters. The number of thiophene rings is 1. The first-order valence-corrected chi connectivity index (χ1v) is 8.07. The molecule has 0 spiro atoms. The van der Waals surface area contributed by atoms with E-state index in [0.717, 1.165) is 16.2 Å². The Kier molecular flexibility index (Phi) is 3.87. The average Bonchev–Trinajstić information content (AvgIpc) is 2.74. The summed E-state index contributed by atoms with van der Waals surface area (Å²) >= 11 is 1.00. The van der Waals surface area contributed by atoms with Crippen molar-refractivity contribution in [3.63, 3.8) is 0 Å². The van der Waals surface area contributed by atoms with Crippen molar-refractivity contribution in [2.24, 2.45) is 5.92 Å². The van der Waals surface area contributed by atoms with E-state index in [2.05, 4.69) is 0 Å². The molecule has 1 aliphatic rings. The molecule has 1 aromatic rings. The van der Waals surface area contributed by atoms with Crippen LogP contribution >= 0.6 is 11.3 Å². The Bertz CT molecular complexity index is 626. The number of carboxylic acids is 1. The summed E-state index contributed by atoms with van der Waals surface area (Å²) in [6.45, 7) is 0.407. The summed E-state index contributed by atoms with van der Waals surface area (Å²) < 4.78 is 52.6. The first-order chi connectivity index (χ1) is 9.14. The summed E-state index contributed by atoms with van der Waals surface area (Å²) in [6, 6.07) is 2.97. The Balaban J connectivity index is 2.26. The molecule has 0 bridgehead atoms. The number of rotatable bonds is 3. The second kappa shape index (κ2) is 5.05. The Morgan fingerprint density at radius 2 is 2.15 bits per heavy atom. The average molecular weight is 325 g/mol. The van der Waals surface area contributed by atoms with Crippen LogP contribution in [-0.4, -0.2) is 42.8 Å². The Hall–Kier alpha value is -1.06. The Labute approximate surface area is 118 Å². The molecule has 20 heavy (non-hydrogen) atoms. The maximum Gasteiger partial charge on any atom is 0.312 e. The van der Waals surface area contributed by atoms with E-state index >= 15 is 0 Å². The molecule has 0 amide bonds. The van der Waals surface area contributed by atoms with Crippen LogP contribution in [0.25, 0.3) is 0 Å². The summed E-state index contributed by atoms with van der Waals surface area (Å²) in [6.07, 6.45) is -0.397. The number of aliphatic carboxylic acids is 1. The number of carbonyl (C=O) groups is 1. The molecule has 0 saturated carbocycles. The van der Waals surface area contributed by atoms with Gasteiger partial charge < -0.3 is 5.11 Å². The van der Waals surface area contributed by atoms with Crippen LogP contribution < -0.4 is 0 Å². The van der Waals surface area contributed by atoms with Gasteiger partial charge in [-0.15, -0.1) is 11.3 Å². The molecule has 112 valence electrons. The normalized spacial score (nSPS) is 23.6. The van der Waals surface area contributed by atoms with Crippen LogP contribution in [-0.2, 0) is 14.8 Å². The predicted octanol–water partition coefficient (Wildman–Crippen LogP) is 1.79. The lowest BCUT2D eigenvalue weighted by Crippen LogP contribution is -2.52. The molecule has 0 aromatic carbocycles. The first-order valence-electron chi connectivity index (χ1n) is 5.82. The number of halogens is 2. The molecular formula is C11H13F2NO4S2. The third-order valence-corrected chi connectivity index (χ3v) is 6.49. The number of nitrogens with zero attached hydrogens (tertiary/aromatic N) is 1. The van der Waals surface area contributed by atoms with Crippen molar-refractivity contribution in [2.45, 2.75) is 23.5 Å². The van der Waals surface area contributed by atoms with Gasteiger partial charge in [0.05, 0.1) is 6.54 Å². The van der Waals surface area contributed by atoms with Crippen LogP contribution in [0.3, 0.4) is 0 Å². The molecule has 1 atom stereocenters. The van der Waals surface area contributed by atoms with Gasteiger partial charge in [-0.3, -0.25) is 4.79 Å². The molecule has 1 N–H and O–H groups in total. The number of alkyl halides is 2. The highest BCUT2D eigenvalue weighted by Crippen LogP contribution is 2.36. The molecule has 1 fully saturated rings. The number of piperidine rings is 1. The smallest absolute Gasteiger partial charge is 0.312 e. The SMILES string of the molecule is Cc1ccc(S(=O)(=O)N2CCC(C(=O)O)C(F)(F)C2)s1. The Morgan fingerprint density at radius 1 is 1.50 bits per heavy atom. The third-order valence-electron chi connectivity index (χ3n) is 3.17. The standard InChI is InChI=1S/C11H13F2NO4S2/c1-7-2-3-9(19-7)20(17,18)14-5-4-8(10(15)16)11(12,13)6-14/h2-3,8H,4-6H2,1H3,(H,15,16). The number of sulfonamides is 1. The second-order valence-corrected chi connectivity index (χ2v) is 8.10. The van der Waals surface area contributed by atoms with Crippen LogP contribution in [0.5, 0.6) is 0 Å². The summed E-state index contributed by atoms with van der Waals surface area (Å²) in [7, 11) is -3.98. The van der Waals surface area contributed by atoms with Crippen molar-refractivity contribution in [1.82, 2.24) is 4.31 Å². The summed E-state index contributed by atoms with van der Waals surface area (Å²) in [5.74, 6) is -7.00. The van der Waals surface area contributed by atoms with Gasteiger partial charge in [0.1, 0.15) is 10.1 Å². The van der Waals surface area contributed by atoms with E-state index in [0.29, 0.717) is 4.31 Å². The van der Waals surface area contributed by atoms with Crippen molar-refractivity contribution in [3.05, 3.63) is 17.0 Å². The van der Waals surface area contributed by atoms with Gasteiger partial charge in [-0.05, 0) is 25.5 Å². The maximum atomic E-state index is 13.7. The summed E-state index contributed by atoms with van der Waals surface area (Å²) in [5.41, 5.74) is 0. The van der Waals surface area contributed by atoms with E-state index in [1.807, 2.05) is 0 Å². The first kappa shape index (κ1) is 15.3. The van der Waals surface area contributed by atoms with Crippen molar-refractivity contribution in [2.75, 3.05) is 13.1 Å². The van der Waals surface area contributed by atoms with E-state index in [4.69, 9.17) is 5.11 Å². The largest absolute Gasteiger partial charge is 0.481 e. The van der Waals surface area contributed by atoms with Crippen LogP contribution in [0.4, 0.5) is 8.78 Å². The second-order valence-electron chi connectivity index (χ2n) is 4.64. The topological polar surface area (TPSA) is 74.7 Å². The van der Waals surface area contributed by atoms with Gasteiger partial charge >= 0.3 is 5.97 Å². The molecular weight excluding hydrogens is 312 g/mol. The van der Waals surface area contributed by atoms with Gasteiger partial charge in [-0.1, -0.05) is 0 Å². The number of aryl methyl sites for hydroxylation is 1. The summed E-state index contributed by atoms with van der Waals surface area (Å²) in [5, 5.41) is 8.74. The van der Waals surface area contributed by atoms with Crippen molar-refractivity contribution < 1.29 is 27.1 Å². The lowest BCUT2D eigenvalue weighted by atomic mass is 9.94. The lowest BCUT2D eigenvalue weighted by Gasteiger charge is -2.35. The zero-order chi connectivity index (χ0) is 15.1. The van der Waals surface area contributed by atoms with Crippen LogP contribution in [0.2, 0.25) is 0 Å². The van der Waals surface area contributed by atoms with Crippen molar-refractivity contribution in [1.29, 1.82) is 0 Å². The van der Waals surface area contributed by atoms with Gasteiger partial charge in [0.2, 0.25) is 0 Å². The van der Waals surface area contributed by atoms with Crippen molar-refractivity contribution in [3.8, 4) is 0 Å². The molecule has 2 rings (SSSR count). The van der Waals surface area contributed by atoms with E-state index < -0.39 is 40.8 Å². The minimum Gasteiger partial charge on any atom is -0.481 e. The fourth-order valence-electron chi connectivity index (χ4n) is 2.10. The van der Waals surface area contributed by atoms with Gasteiger partial charge in [-0.25, -0.2) is 17.2 Å². The highest BCUT2D eigenvalue weighted by molar-refractivity contribution is 7.91. The van der Waals surface area contributed by atoms with Crippen LogP contribution in [0, 0.1) is 12.8 Å². The summed E-state index contributed by atoms with van der Waals surface area (Å²) in [4.78, 5) is 11.5. The number of carboxylic acid groups (broad SMARTS) is 1. The molecule has 0 aliphatic carbocycles. The molecule has 9 heteroatoms. The van der Waals surface area contributed by atoms with E-state index in [1.165, 1.54) is 6.07 Å². The van der Waals surface area contributed by atoms with Gasteiger partial charge in [-0.2, -0.15) is 4.31 Å². The van der Waals surface area contributed by atoms with Crippen LogP contribution in [0.15, 0.2) is 16.3 Å². The monoisotopic (exact) mass is 325 g/mol. The zero-order valence-electron chi connectivity index (χ0n) is 10.5. The third kappa shape index (κ3) is 2.70. The Morgan fingerprint density at radius 3 is 2.60 bits per heavy atom. The molecule has 1 aliphatic heterocycles. The van der Waals surface area contributed by atoms with Crippen molar-refractivity contribution >= 4 is 27.3 Å². The van der Waals surface area contributed by atoms with Gasteiger partial charge in [0, 0.05) is 11.4 Å². The molecule has 1 aromatic heterocycles. The molecule has 1 saturated heterocycles. The fraction of sp³-hybridized carbons (Fsp3) is 0.545. The zero-order valence-corrected chi connectivity index (χ0v) is 12.2. The van der Waals surface area contributed by atoms with Crippen LogP contribution in [0.1, 0.15) is 11.3 Å². The lowest BCUT2D eigenvalue weighted by molar-refractivity contribution is -0.163. The van der Waals surface area contributed by atoms with Gasteiger partial charge in [0.15, 0.2) is 0 Å². The predicted molar refractivity (Wildman–Crippen MR) is 68.5 cm³/mol. The van der Waals surface area contributed by atoms with Gasteiger partial charge in [0.25, 0.3) is 15.9 Å². The molecule has 0 radical (unpaired) electrons. The number of hydrogen-bond donors (Lipinski definition) is 1. The van der Waals surface area contributed by atoms with E-state index in [1.54, 1.807) is 13.0 Å². The van der Waals surface area contributed by atoms with E-state index in [9.17, 15) is 22.0 Å². The highest BCUT2D eigenvalue weighted by Gasteiger charge is 2.51. The molecule has 5 nitrogen and oxygen atoms in total. The molecule has 2 heterocycles. The fourth-order valence-corrected chi connectivity index (χ4v) is 5.00. The maximum absolute atomic E-state index is 13.7. The minimum atomic E-state index is -3.98. The quantitative estimate of drug-likeness (QED) is 0.919.